The summed E-state index contributed by atoms with van der Waals surface area (Å²) < 4.78 is 0. The van der Waals surface area contributed by atoms with Crippen LogP contribution in [0.15, 0.2) is 54.1 Å². The lowest BCUT2D eigenvalue weighted by molar-refractivity contribution is -0.433. The Morgan fingerprint density at radius 2 is 1.90 bits per heavy atom. The molecule has 0 amide bonds. The maximum Gasteiger partial charge on any atom is 0.308 e. The highest BCUT2D eigenvalue weighted by molar-refractivity contribution is 6.30. The number of benzene rings is 1. The van der Waals surface area contributed by atoms with E-state index in [0.717, 1.165) is 43.0 Å². The van der Waals surface area contributed by atoms with Crippen molar-refractivity contribution in [2.45, 2.75) is 31.6 Å². The highest BCUT2D eigenvalue weighted by atomic mass is 35.5. The molecule has 7 nitrogen and oxygen atoms in total. The van der Waals surface area contributed by atoms with Crippen molar-refractivity contribution >= 4 is 28.9 Å². The lowest BCUT2D eigenvalue weighted by atomic mass is 10.1. The maximum atomic E-state index is 12.2. The van der Waals surface area contributed by atoms with Gasteiger partial charge in [0, 0.05) is 36.5 Å². The second-order valence-corrected chi connectivity index (χ2v) is 8.35. The normalized spacial score (nSPS) is 23.0. The van der Waals surface area contributed by atoms with Gasteiger partial charge in [-0.2, -0.15) is 0 Å². The average molecular weight is 432 g/mol. The third kappa shape index (κ3) is 3.09. The SMILES string of the molecule is O=[N+]([O-])C1=C2N(Cc3ccc(Cl)nc3)CCN2C2CCC1N2c1ccc(Cl)cc1. The van der Waals surface area contributed by atoms with Crippen molar-refractivity contribution < 1.29 is 4.92 Å². The zero-order valence-corrected chi connectivity index (χ0v) is 17.1. The van der Waals surface area contributed by atoms with E-state index in [9.17, 15) is 10.1 Å². The number of fused-ring (bicyclic) bond motifs is 4. The highest BCUT2D eigenvalue weighted by Gasteiger charge is 2.54. The summed E-state index contributed by atoms with van der Waals surface area (Å²) in [6, 6.07) is 11.0. The molecule has 2 fully saturated rings. The van der Waals surface area contributed by atoms with Gasteiger partial charge in [-0.25, -0.2) is 4.98 Å². The Kier molecular flexibility index (Phi) is 4.52. The van der Waals surface area contributed by atoms with Crippen LogP contribution >= 0.6 is 23.2 Å². The fourth-order valence-electron chi connectivity index (χ4n) is 4.78. The molecule has 3 aliphatic heterocycles. The van der Waals surface area contributed by atoms with Crippen molar-refractivity contribution in [2.24, 2.45) is 0 Å². The van der Waals surface area contributed by atoms with Gasteiger partial charge in [-0.15, -0.1) is 0 Å². The summed E-state index contributed by atoms with van der Waals surface area (Å²) in [7, 11) is 0. The molecule has 2 unspecified atom stereocenters. The Labute approximate surface area is 178 Å². The number of nitro groups is 1. The number of nitrogens with zero attached hydrogens (tertiary/aromatic N) is 5. The van der Waals surface area contributed by atoms with Crippen LogP contribution in [0.3, 0.4) is 0 Å². The molecule has 29 heavy (non-hydrogen) atoms. The fraction of sp³-hybridized carbons (Fsp3) is 0.350. The van der Waals surface area contributed by atoms with E-state index in [-0.39, 0.29) is 22.8 Å². The van der Waals surface area contributed by atoms with E-state index in [0.29, 0.717) is 16.7 Å². The molecule has 4 heterocycles. The van der Waals surface area contributed by atoms with Gasteiger partial charge in [0.1, 0.15) is 17.4 Å². The monoisotopic (exact) mass is 431 g/mol. The van der Waals surface area contributed by atoms with E-state index in [1.807, 2.05) is 30.3 Å². The van der Waals surface area contributed by atoms with Crippen molar-refractivity contribution in [3.05, 3.63) is 80.0 Å². The Morgan fingerprint density at radius 3 is 2.59 bits per heavy atom. The summed E-state index contributed by atoms with van der Waals surface area (Å²) in [5.41, 5.74) is 2.24. The quantitative estimate of drug-likeness (QED) is 0.414. The van der Waals surface area contributed by atoms with E-state index < -0.39 is 0 Å². The van der Waals surface area contributed by atoms with Crippen LogP contribution in [-0.2, 0) is 6.54 Å². The van der Waals surface area contributed by atoms with E-state index in [1.165, 1.54) is 0 Å². The van der Waals surface area contributed by atoms with Gasteiger partial charge in [-0.1, -0.05) is 29.3 Å². The standard InChI is InChI=1S/C20H19Cl2N5O2/c21-14-2-4-15(5-3-14)26-16-6-8-18(26)25-10-9-24(20(25)19(16)27(28)29)12-13-1-7-17(22)23-11-13/h1-5,7,11,16,18H,6,8-10,12H2. The second-order valence-electron chi connectivity index (χ2n) is 7.53. The van der Waals surface area contributed by atoms with Crippen LogP contribution in [0, 0.1) is 10.1 Å². The summed E-state index contributed by atoms with van der Waals surface area (Å²) in [5.74, 6) is 0.752. The second kappa shape index (κ2) is 7.07. The molecule has 9 heteroatoms. The smallest absolute Gasteiger partial charge is 0.308 e. The van der Waals surface area contributed by atoms with Gasteiger partial charge in [0.15, 0.2) is 5.82 Å². The molecule has 5 rings (SSSR count). The van der Waals surface area contributed by atoms with Gasteiger partial charge in [-0.05, 0) is 48.7 Å². The van der Waals surface area contributed by atoms with Crippen LogP contribution < -0.4 is 4.90 Å². The van der Waals surface area contributed by atoms with E-state index in [1.54, 1.807) is 12.3 Å². The van der Waals surface area contributed by atoms with Crippen LogP contribution in [0.2, 0.25) is 10.2 Å². The molecular formula is C20H19Cl2N5O2. The van der Waals surface area contributed by atoms with Crippen molar-refractivity contribution in [3.63, 3.8) is 0 Å². The van der Waals surface area contributed by atoms with Crippen molar-refractivity contribution in [1.82, 2.24) is 14.8 Å². The first kappa shape index (κ1) is 18.5. The number of anilines is 1. The summed E-state index contributed by atoms with van der Waals surface area (Å²) in [6.45, 7) is 2.08. The van der Waals surface area contributed by atoms with Crippen LogP contribution in [0.1, 0.15) is 18.4 Å². The Balaban J connectivity index is 1.53. The number of hydrogen-bond donors (Lipinski definition) is 0. The molecule has 2 aromatic rings. The molecule has 0 aliphatic carbocycles. The molecule has 0 radical (unpaired) electrons. The zero-order chi connectivity index (χ0) is 20.1. The summed E-state index contributed by atoms with van der Waals surface area (Å²) in [4.78, 5) is 22.6. The number of rotatable bonds is 4. The predicted molar refractivity (Wildman–Crippen MR) is 111 cm³/mol. The highest BCUT2D eigenvalue weighted by Crippen LogP contribution is 2.45. The fourth-order valence-corrected chi connectivity index (χ4v) is 5.02. The average Bonchev–Trinajstić information content (AvgIpc) is 3.26. The van der Waals surface area contributed by atoms with Crippen LogP contribution in [0.5, 0.6) is 0 Å². The molecule has 0 spiro atoms. The van der Waals surface area contributed by atoms with E-state index >= 15 is 0 Å². The molecule has 0 saturated carbocycles. The molecule has 0 N–H and O–H groups in total. The van der Waals surface area contributed by atoms with Crippen LogP contribution in [0.4, 0.5) is 5.69 Å². The largest absolute Gasteiger partial charge is 0.347 e. The minimum Gasteiger partial charge on any atom is -0.347 e. The minimum atomic E-state index is -0.244. The molecular weight excluding hydrogens is 413 g/mol. The summed E-state index contributed by atoms with van der Waals surface area (Å²) in [6.07, 6.45) is 3.51. The number of pyridine rings is 1. The Hall–Kier alpha value is -2.51. The lowest BCUT2D eigenvalue weighted by Gasteiger charge is -2.42. The lowest BCUT2D eigenvalue weighted by Crippen LogP contribution is -2.53. The zero-order valence-electron chi connectivity index (χ0n) is 15.5. The molecule has 3 aliphatic rings. The third-order valence-corrected chi connectivity index (χ3v) is 6.40. The van der Waals surface area contributed by atoms with Gasteiger partial charge in [0.25, 0.3) is 0 Å². The molecule has 1 aromatic heterocycles. The van der Waals surface area contributed by atoms with Gasteiger partial charge < -0.3 is 14.7 Å². The third-order valence-electron chi connectivity index (χ3n) is 5.93. The summed E-state index contributed by atoms with van der Waals surface area (Å²) >= 11 is 11.9. The first-order valence-electron chi connectivity index (χ1n) is 9.57. The van der Waals surface area contributed by atoms with Crippen LogP contribution in [0.25, 0.3) is 0 Å². The van der Waals surface area contributed by atoms with Gasteiger partial charge >= 0.3 is 5.70 Å². The minimum absolute atomic E-state index is 0.119. The van der Waals surface area contributed by atoms with Crippen molar-refractivity contribution in [1.29, 1.82) is 0 Å². The molecule has 2 atom stereocenters. The molecule has 150 valence electrons. The summed E-state index contributed by atoms with van der Waals surface area (Å²) in [5, 5.41) is 13.3. The van der Waals surface area contributed by atoms with Crippen molar-refractivity contribution in [2.75, 3.05) is 18.0 Å². The number of halogens is 2. The molecule has 2 bridgehead atoms. The predicted octanol–water partition coefficient (Wildman–Crippen LogP) is 3.96. The number of hydrogen-bond acceptors (Lipinski definition) is 6. The molecule has 2 saturated heterocycles. The Morgan fingerprint density at radius 1 is 1.10 bits per heavy atom. The first-order chi connectivity index (χ1) is 14.0. The van der Waals surface area contributed by atoms with Gasteiger partial charge in [0.05, 0.1) is 4.92 Å². The first-order valence-corrected chi connectivity index (χ1v) is 10.3. The molecule has 1 aromatic carbocycles. The van der Waals surface area contributed by atoms with Crippen LogP contribution in [-0.4, -0.2) is 45.0 Å². The Bertz CT molecular complexity index is 979. The van der Waals surface area contributed by atoms with E-state index in [4.69, 9.17) is 23.2 Å². The van der Waals surface area contributed by atoms with Crippen molar-refractivity contribution in [3.8, 4) is 0 Å². The van der Waals surface area contributed by atoms with Gasteiger partial charge in [0.2, 0.25) is 0 Å². The van der Waals surface area contributed by atoms with Gasteiger partial charge in [-0.3, -0.25) is 10.1 Å². The number of aromatic nitrogens is 1. The topological polar surface area (TPSA) is 65.8 Å². The maximum absolute atomic E-state index is 12.2. The van der Waals surface area contributed by atoms with E-state index in [2.05, 4.69) is 19.7 Å².